The molecule has 248 valence electrons. The van der Waals surface area contributed by atoms with Crippen molar-refractivity contribution in [2.24, 2.45) is 17.3 Å². The monoisotopic (exact) mass is 638 g/mol. The maximum atomic E-state index is 13.0. The molecule has 9 unspecified atom stereocenters. The molecule has 11 heteroatoms. The highest BCUT2D eigenvalue weighted by Gasteiger charge is 2.64. The number of ether oxygens (including phenoxy) is 5. The first-order valence-electron chi connectivity index (χ1n) is 15.3. The maximum Gasteiger partial charge on any atom is 0.331 e. The summed E-state index contributed by atoms with van der Waals surface area (Å²) < 4.78 is 29.2. The minimum absolute atomic E-state index is 0.0631. The number of hydrogen-bond acceptors (Lipinski definition) is 11. The van der Waals surface area contributed by atoms with Gasteiger partial charge < -0.3 is 28.8 Å². The third kappa shape index (κ3) is 7.25. The number of rotatable bonds is 7. The van der Waals surface area contributed by atoms with Gasteiger partial charge in [-0.3, -0.25) is 19.2 Å². The van der Waals surface area contributed by atoms with E-state index in [4.69, 9.17) is 23.7 Å². The van der Waals surface area contributed by atoms with E-state index in [1.807, 2.05) is 30.3 Å². The molecular formula is C35H42O11. The van der Waals surface area contributed by atoms with E-state index in [0.29, 0.717) is 16.7 Å². The fraction of sp³-hybridized carbons (Fsp3) is 0.514. The topological polar surface area (TPSA) is 152 Å². The molecule has 2 fully saturated rings. The lowest BCUT2D eigenvalue weighted by Gasteiger charge is -2.58. The highest BCUT2D eigenvalue weighted by Crippen LogP contribution is 2.57. The molecule has 0 radical (unpaired) electrons. The molecule has 46 heavy (non-hydrogen) atoms. The molecule has 0 amide bonds. The Morgan fingerprint density at radius 3 is 2.04 bits per heavy atom. The predicted molar refractivity (Wildman–Crippen MR) is 164 cm³/mol. The molecule has 3 aliphatic carbocycles. The van der Waals surface area contributed by atoms with Gasteiger partial charge in [-0.2, -0.15) is 0 Å². The second-order valence-corrected chi connectivity index (χ2v) is 12.5. The smallest absolute Gasteiger partial charge is 0.331 e. The van der Waals surface area contributed by atoms with Gasteiger partial charge in [-0.25, -0.2) is 4.79 Å². The van der Waals surface area contributed by atoms with Crippen molar-refractivity contribution in [2.75, 3.05) is 0 Å². The van der Waals surface area contributed by atoms with Crippen LogP contribution in [0.1, 0.15) is 66.4 Å². The Hall–Kier alpha value is -4.25. The van der Waals surface area contributed by atoms with Crippen LogP contribution in [-0.2, 0) is 47.7 Å². The largest absolute Gasteiger partial charge is 0.462 e. The van der Waals surface area contributed by atoms with Crippen molar-refractivity contribution < 1.29 is 52.8 Å². The number of benzene rings is 1. The minimum Gasteiger partial charge on any atom is -0.462 e. The summed E-state index contributed by atoms with van der Waals surface area (Å²) in [6.07, 6.45) is -3.24. The molecule has 2 bridgehead atoms. The number of hydrogen-bond donors (Lipinski definition) is 1. The molecule has 11 nitrogen and oxygen atoms in total. The molecular weight excluding hydrogens is 596 g/mol. The van der Waals surface area contributed by atoms with E-state index in [9.17, 15) is 29.1 Å². The summed E-state index contributed by atoms with van der Waals surface area (Å²) in [4.78, 5) is 62.9. The lowest BCUT2D eigenvalue weighted by Crippen LogP contribution is -2.66. The summed E-state index contributed by atoms with van der Waals surface area (Å²) in [5.41, 5.74) is 0.823. The molecule has 0 aliphatic heterocycles. The molecule has 2 saturated carbocycles. The van der Waals surface area contributed by atoms with Gasteiger partial charge in [-0.05, 0) is 54.0 Å². The van der Waals surface area contributed by atoms with Crippen molar-refractivity contribution in [3.05, 3.63) is 65.3 Å². The quantitative estimate of drug-likeness (QED) is 0.200. The van der Waals surface area contributed by atoms with Gasteiger partial charge >= 0.3 is 29.8 Å². The maximum absolute atomic E-state index is 13.0. The van der Waals surface area contributed by atoms with Crippen LogP contribution in [0.15, 0.2) is 59.7 Å². The first-order chi connectivity index (χ1) is 21.6. The number of carbonyl (C=O) groups excluding carboxylic acids is 5. The van der Waals surface area contributed by atoms with Crippen LogP contribution in [0.3, 0.4) is 0 Å². The van der Waals surface area contributed by atoms with Crippen LogP contribution in [0.25, 0.3) is 6.08 Å². The molecule has 3 aliphatic rings. The van der Waals surface area contributed by atoms with Crippen molar-refractivity contribution in [1.29, 1.82) is 0 Å². The second-order valence-electron chi connectivity index (χ2n) is 12.5. The van der Waals surface area contributed by atoms with Crippen LogP contribution < -0.4 is 0 Å². The van der Waals surface area contributed by atoms with Crippen LogP contribution in [0.5, 0.6) is 0 Å². The Balaban J connectivity index is 1.86. The highest BCUT2D eigenvalue weighted by molar-refractivity contribution is 5.87. The zero-order valence-corrected chi connectivity index (χ0v) is 27.0. The van der Waals surface area contributed by atoms with Gasteiger partial charge in [0.05, 0.1) is 11.5 Å². The van der Waals surface area contributed by atoms with Gasteiger partial charge in [-0.1, -0.05) is 43.8 Å². The van der Waals surface area contributed by atoms with Crippen LogP contribution in [0.2, 0.25) is 0 Å². The third-order valence-corrected chi connectivity index (χ3v) is 9.32. The zero-order valence-electron chi connectivity index (χ0n) is 27.0. The SMILES string of the molecule is C=C1C(OC(=O)C=Cc2ccccc2)CC(OC(C)=O)C2(C)C(OC(C)=O)C(OC(C)=O)C3=C(C)C(OC(C)=O)CC(C3)C(O)C12. The molecule has 0 aromatic heterocycles. The van der Waals surface area contributed by atoms with E-state index in [1.54, 1.807) is 19.9 Å². The Morgan fingerprint density at radius 1 is 0.848 bits per heavy atom. The van der Waals surface area contributed by atoms with Gasteiger partial charge in [0.2, 0.25) is 0 Å². The van der Waals surface area contributed by atoms with E-state index < -0.39 is 83.7 Å². The van der Waals surface area contributed by atoms with Crippen LogP contribution in [0.4, 0.5) is 0 Å². The molecule has 4 rings (SSSR count). The lowest BCUT2D eigenvalue weighted by atomic mass is 9.53. The molecule has 1 aromatic rings. The summed E-state index contributed by atoms with van der Waals surface area (Å²) in [5.74, 6) is -4.77. The highest BCUT2D eigenvalue weighted by atomic mass is 16.6. The first-order valence-corrected chi connectivity index (χ1v) is 15.3. The number of carbonyl (C=O) groups is 5. The van der Waals surface area contributed by atoms with Crippen LogP contribution in [-0.4, -0.2) is 71.6 Å². The van der Waals surface area contributed by atoms with Crippen LogP contribution in [0, 0.1) is 17.3 Å². The van der Waals surface area contributed by atoms with Gasteiger partial charge in [0.25, 0.3) is 0 Å². The third-order valence-electron chi connectivity index (χ3n) is 9.32. The van der Waals surface area contributed by atoms with E-state index in [0.717, 1.165) is 5.56 Å². The summed E-state index contributed by atoms with van der Waals surface area (Å²) in [6, 6.07) is 9.16. The van der Waals surface area contributed by atoms with Gasteiger partial charge in [-0.15, -0.1) is 0 Å². The van der Waals surface area contributed by atoms with Crippen molar-refractivity contribution in [3.8, 4) is 0 Å². The molecule has 0 heterocycles. The van der Waals surface area contributed by atoms with E-state index in [1.165, 1.54) is 33.8 Å². The number of esters is 5. The van der Waals surface area contributed by atoms with Crippen LogP contribution >= 0.6 is 0 Å². The van der Waals surface area contributed by atoms with Gasteiger partial charge in [0.15, 0.2) is 12.2 Å². The minimum atomic E-state index is -1.42. The molecule has 1 aromatic carbocycles. The fourth-order valence-electron chi connectivity index (χ4n) is 7.34. The molecule has 0 saturated heterocycles. The number of fused-ring (bicyclic) bond motifs is 3. The summed E-state index contributed by atoms with van der Waals surface area (Å²) in [7, 11) is 0. The number of aliphatic hydroxyl groups is 1. The van der Waals surface area contributed by atoms with E-state index in [-0.39, 0.29) is 19.3 Å². The van der Waals surface area contributed by atoms with Gasteiger partial charge in [0, 0.05) is 46.1 Å². The Labute approximate surface area is 268 Å². The Kier molecular flexibility index (Phi) is 10.6. The van der Waals surface area contributed by atoms with E-state index in [2.05, 4.69) is 6.58 Å². The van der Waals surface area contributed by atoms with E-state index >= 15 is 0 Å². The van der Waals surface area contributed by atoms with Crippen molar-refractivity contribution in [2.45, 2.75) is 97.4 Å². The Morgan fingerprint density at radius 2 is 1.46 bits per heavy atom. The summed E-state index contributed by atoms with van der Waals surface area (Å²) in [5, 5.41) is 12.2. The van der Waals surface area contributed by atoms with Crippen molar-refractivity contribution >= 4 is 35.9 Å². The second kappa shape index (κ2) is 14.0. The van der Waals surface area contributed by atoms with Gasteiger partial charge in [0.1, 0.15) is 18.3 Å². The normalized spacial score (nSPS) is 32.4. The summed E-state index contributed by atoms with van der Waals surface area (Å²) in [6.45, 7) is 12.6. The fourth-order valence-corrected chi connectivity index (χ4v) is 7.34. The molecule has 9 atom stereocenters. The zero-order chi connectivity index (χ0) is 33.9. The average molecular weight is 639 g/mol. The summed E-state index contributed by atoms with van der Waals surface area (Å²) >= 11 is 0. The van der Waals surface area contributed by atoms with Crippen molar-refractivity contribution in [3.63, 3.8) is 0 Å². The standard InChI is InChI=1S/C35H42O11/c1-18-26-15-25(16-27(18)42-20(3)36)32(41)31-19(2)28(46-30(40)14-13-24-11-9-8-10-12-24)17-29(43-21(4)37)35(31,7)34(45-23(6)39)33(26)44-22(5)38/h8-14,25,27-29,31-34,41H,2,15-17H2,1,3-7H3. The molecule has 0 spiro atoms. The lowest BCUT2D eigenvalue weighted by molar-refractivity contribution is -0.219. The van der Waals surface area contributed by atoms with Crippen molar-refractivity contribution in [1.82, 2.24) is 0 Å². The Bertz CT molecular complexity index is 1440. The average Bonchev–Trinajstić information content (AvgIpc) is 2.96. The first kappa shape index (κ1) is 34.6. The number of aliphatic hydroxyl groups excluding tert-OH is 1. The molecule has 1 N–H and O–H groups in total. The predicted octanol–water partition coefficient (Wildman–Crippen LogP) is 4.02.